The van der Waals surface area contributed by atoms with Crippen LogP contribution in [-0.2, 0) is 17.8 Å². The van der Waals surface area contributed by atoms with Crippen molar-refractivity contribution in [3.63, 3.8) is 0 Å². The van der Waals surface area contributed by atoms with Gasteiger partial charge in [-0.25, -0.2) is 9.59 Å². The molecule has 0 aromatic heterocycles. The van der Waals surface area contributed by atoms with Crippen molar-refractivity contribution in [1.29, 1.82) is 0 Å². The Hall–Kier alpha value is -2.04. The number of carbonyl (C=O) groups excluding carboxylic acids is 1. The van der Waals surface area contributed by atoms with Gasteiger partial charge in [-0.15, -0.1) is 0 Å². The Morgan fingerprint density at radius 3 is 2.55 bits per heavy atom. The van der Waals surface area contributed by atoms with Crippen LogP contribution in [0, 0.1) is 0 Å². The Morgan fingerprint density at radius 1 is 1.30 bits per heavy atom. The van der Waals surface area contributed by atoms with Crippen molar-refractivity contribution in [1.82, 2.24) is 10.2 Å². The molecule has 1 aliphatic carbocycles. The van der Waals surface area contributed by atoms with E-state index in [-0.39, 0.29) is 11.6 Å². The molecule has 0 bridgehead atoms. The number of nitrogens with zero attached hydrogens (tertiary/aromatic N) is 1. The summed E-state index contributed by atoms with van der Waals surface area (Å²) >= 11 is 0. The van der Waals surface area contributed by atoms with Crippen LogP contribution in [0.2, 0.25) is 0 Å². The molecule has 0 spiro atoms. The van der Waals surface area contributed by atoms with Gasteiger partial charge in [0.2, 0.25) is 0 Å². The molecule has 1 aromatic carbocycles. The monoisotopic (exact) mass is 274 g/mol. The highest BCUT2D eigenvalue weighted by molar-refractivity contribution is 5.84. The minimum Gasteiger partial charge on any atom is -0.480 e. The van der Waals surface area contributed by atoms with Crippen LogP contribution in [0.3, 0.4) is 0 Å². The van der Waals surface area contributed by atoms with E-state index < -0.39 is 12.0 Å². The fourth-order valence-corrected chi connectivity index (χ4v) is 2.60. The first-order valence-electron chi connectivity index (χ1n) is 6.87. The molecule has 2 N–H and O–H groups in total. The normalized spacial score (nSPS) is 22.9. The number of amides is 2. The van der Waals surface area contributed by atoms with Crippen molar-refractivity contribution in [2.75, 3.05) is 0 Å². The van der Waals surface area contributed by atoms with Gasteiger partial charge in [0.05, 0.1) is 0 Å². The number of benzene rings is 1. The third kappa shape index (κ3) is 2.35. The van der Waals surface area contributed by atoms with E-state index in [2.05, 4.69) is 5.32 Å². The molecule has 3 rings (SSSR count). The number of carbonyl (C=O) groups is 2. The van der Waals surface area contributed by atoms with Gasteiger partial charge in [0.15, 0.2) is 0 Å². The number of urea groups is 1. The lowest BCUT2D eigenvalue weighted by molar-refractivity contribution is -0.142. The molecule has 106 valence electrons. The zero-order valence-electron chi connectivity index (χ0n) is 11.4. The fraction of sp³-hybridized carbons (Fsp3) is 0.467. The second kappa shape index (κ2) is 4.51. The van der Waals surface area contributed by atoms with E-state index in [4.69, 9.17) is 0 Å². The number of carboxylic acids is 1. The molecule has 1 aliphatic heterocycles. The topological polar surface area (TPSA) is 69.6 Å². The summed E-state index contributed by atoms with van der Waals surface area (Å²) in [5, 5.41) is 12.3. The molecule has 1 atom stereocenters. The van der Waals surface area contributed by atoms with Gasteiger partial charge >= 0.3 is 12.0 Å². The van der Waals surface area contributed by atoms with Gasteiger partial charge < -0.3 is 15.3 Å². The van der Waals surface area contributed by atoms with Gasteiger partial charge in [0.25, 0.3) is 0 Å². The third-order valence-electron chi connectivity index (χ3n) is 4.20. The molecule has 1 aromatic rings. The van der Waals surface area contributed by atoms with E-state index in [0.29, 0.717) is 13.0 Å². The summed E-state index contributed by atoms with van der Waals surface area (Å²) in [5.41, 5.74) is 1.90. The Kier molecular flexibility index (Phi) is 2.92. The summed E-state index contributed by atoms with van der Waals surface area (Å²) in [7, 11) is 0. The number of carboxylic acid groups (broad SMARTS) is 1. The smallest absolute Gasteiger partial charge is 0.326 e. The van der Waals surface area contributed by atoms with Gasteiger partial charge in [-0.3, -0.25) is 0 Å². The molecular weight excluding hydrogens is 256 g/mol. The van der Waals surface area contributed by atoms with E-state index >= 15 is 0 Å². The second-order valence-corrected chi connectivity index (χ2v) is 5.95. The predicted octanol–water partition coefficient (Wildman–Crippen LogP) is 1.76. The number of nitrogens with one attached hydrogen (secondary N) is 1. The molecule has 1 fully saturated rings. The largest absolute Gasteiger partial charge is 0.480 e. The lowest BCUT2D eigenvalue weighted by atomic mass is 9.94. The second-order valence-electron chi connectivity index (χ2n) is 5.95. The molecule has 1 saturated carbocycles. The maximum Gasteiger partial charge on any atom is 0.326 e. The molecule has 1 unspecified atom stereocenters. The van der Waals surface area contributed by atoms with E-state index in [9.17, 15) is 14.7 Å². The maximum atomic E-state index is 12.3. The number of hydrogen-bond donors (Lipinski definition) is 2. The zero-order chi connectivity index (χ0) is 14.3. The summed E-state index contributed by atoms with van der Waals surface area (Å²) in [5.74, 6) is -0.949. The summed E-state index contributed by atoms with van der Waals surface area (Å²) in [6, 6.07) is 6.64. The minimum absolute atomic E-state index is 0.142. The molecule has 2 amide bonds. The molecule has 5 heteroatoms. The molecule has 2 aliphatic rings. The molecule has 5 nitrogen and oxygen atoms in total. The van der Waals surface area contributed by atoms with E-state index in [1.165, 1.54) is 4.90 Å². The quantitative estimate of drug-likeness (QED) is 0.863. The van der Waals surface area contributed by atoms with Crippen LogP contribution in [0.15, 0.2) is 24.3 Å². The maximum absolute atomic E-state index is 12.3. The van der Waals surface area contributed by atoms with Gasteiger partial charge in [-0.2, -0.15) is 0 Å². The Labute approximate surface area is 117 Å². The highest BCUT2D eigenvalue weighted by Gasteiger charge is 2.42. The fourth-order valence-electron chi connectivity index (χ4n) is 2.60. The summed E-state index contributed by atoms with van der Waals surface area (Å²) in [6.45, 7) is 2.34. The predicted molar refractivity (Wildman–Crippen MR) is 73.3 cm³/mol. The molecule has 0 radical (unpaired) electrons. The lowest BCUT2D eigenvalue weighted by Crippen LogP contribution is -2.54. The zero-order valence-corrected chi connectivity index (χ0v) is 11.4. The van der Waals surface area contributed by atoms with Crippen molar-refractivity contribution in [2.45, 2.75) is 44.3 Å². The van der Waals surface area contributed by atoms with E-state index in [1.807, 2.05) is 31.2 Å². The van der Waals surface area contributed by atoms with Crippen LogP contribution in [-0.4, -0.2) is 33.6 Å². The van der Waals surface area contributed by atoms with Crippen molar-refractivity contribution in [3.05, 3.63) is 35.4 Å². The van der Waals surface area contributed by atoms with Crippen LogP contribution in [0.25, 0.3) is 0 Å². The summed E-state index contributed by atoms with van der Waals surface area (Å²) in [4.78, 5) is 25.2. The van der Waals surface area contributed by atoms with Crippen molar-refractivity contribution >= 4 is 12.0 Å². The summed E-state index contributed by atoms with van der Waals surface area (Å²) in [6.07, 6.45) is 2.29. The van der Waals surface area contributed by atoms with Gasteiger partial charge in [-0.1, -0.05) is 24.3 Å². The van der Waals surface area contributed by atoms with Crippen molar-refractivity contribution in [3.8, 4) is 0 Å². The van der Waals surface area contributed by atoms with Crippen LogP contribution in [0.5, 0.6) is 0 Å². The number of fused-ring (bicyclic) bond motifs is 1. The van der Waals surface area contributed by atoms with Crippen molar-refractivity contribution < 1.29 is 14.7 Å². The highest BCUT2D eigenvalue weighted by atomic mass is 16.4. The number of rotatable bonds is 2. The minimum atomic E-state index is -0.949. The van der Waals surface area contributed by atoms with E-state index in [0.717, 1.165) is 24.0 Å². The molecule has 20 heavy (non-hydrogen) atoms. The first kappa shape index (κ1) is 13.0. The lowest BCUT2D eigenvalue weighted by Gasteiger charge is -2.35. The van der Waals surface area contributed by atoms with Crippen LogP contribution in [0.4, 0.5) is 4.79 Å². The average Bonchev–Trinajstić information content (AvgIpc) is 3.14. The van der Waals surface area contributed by atoms with Gasteiger partial charge in [-0.05, 0) is 30.9 Å². The third-order valence-corrected chi connectivity index (χ3v) is 4.20. The Morgan fingerprint density at radius 2 is 1.95 bits per heavy atom. The Bertz CT molecular complexity index is 566. The SMILES string of the molecule is CC1(NC(=O)N2Cc3ccccc3CC2C(=O)O)CC1. The van der Waals surface area contributed by atoms with Crippen molar-refractivity contribution in [2.24, 2.45) is 0 Å². The number of aliphatic carboxylic acids is 1. The van der Waals surface area contributed by atoms with Gasteiger partial charge in [0.1, 0.15) is 6.04 Å². The average molecular weight is 274 g/mol. The van der Waals surface area contributed by atoms with Gasteiger partial charge in [0, 0.05) is 18.5 Å². The molecular formula is C15H18N2O3. The van der Waals surface area contributed by atoms with Crippen LogP contribution in [0.1, 0.15) is 30.9 Å². The Balaban J connectivity index is 1.84. The molecule has 1 heterocycles. The van der Waals surface area contributed by atoms with Crippen LogP contribution >= 0.6 is 0 Å². The first-order chi connectivity index (χ1) is 9.48. The van der Waals surface area contributed by atoms with Crippen LogP contribution < -0.4 is 5.32 Å². The summed E-state index contributed by atoms with van der Waals surface area (Å²) < 4.78 is 0. The molecule has 0 saturated heterocycles. The standard InChI is InChI=1S/C15H18N2O3/c1-15(6-7-15)16-14(20)17-9-11-5-3-2-4-10(11)8-12(17)13(18)19/h2-5,12H,6-9H2,1H3,(H,16,20)(H,18,19). The highest BCUT2D eigenvalue weighted by Crippen LogP contribution is 2.35. The number of hydrogen-bond acceptors (Lipinski definition) is 2. The first-order valence-corrected chi connectivity index (χ1v) is 6.87. The van der Waals surface area contributed by atoms with E-state index in [1.54, 1.807) is 0 Å².